The van der Waals surface area contributed by atoms with Crippen LogP contribution >= 0.6 is 0 Å². The number of ketones is 2. The summed E-state index contributed by atoms with van der Waals surface area (Å²) in [5, 5.41) is 8.84. The summed E-state index contributed by atoms with van der Waals surface area (Å²) in [6.07, 6.45) is 2.64. The van der Waals surface area contributed by atoms with Gasteiger partial charge in [0.1, 0.15) is 11.6 Å². The highest BCUT2D eigenvalue weighted by Crippen LogP contribution is 2.61. The standard InChI is InChI=1S/C14H18O4/c1-6(15)9-2-7-3-11(9)13-10(7)4-8(14(13)18)5-12(16)17/h7-11,13H,2-5H2,1H3,(H,16,17). The molecule has 0 spiro atoms. The van der Waals surface area contributed by atoms with Crippen molar-refractivity contribution >= 4 is 17.5 Å². The minimum atomic E-state index is -0.885. The Morgan fingerprint density at radius 2 is 1.94 bits per heavy atom. The van der Waals surface area contributed by atoms with Crippen LogP contribution in [0.4, 0.5) is 0 Å². The molecule has 4 heteroatoms. The summed E-state index contributed by atoms with van der Waals surface area (Å²) in [7, 11) is 0. The third-order valence-corrected chi connectivity index (χ3v) is 5.41. The van der Waals surface area contributed by atoms with Crippen molar-refractivity contribution in [3.8, 4) is 0 Å². The molecule has 0 heterocycles. The molecule has 1 N–H and O–H groups in total. The molecule has 3 rings (SSSR count). The van der Waals surface area contributed by atoms with Crippen molar-refractivity contribution in [3.05, 3.63) is 0 Å². The van der Waals surface area contributed by atoms with Crippen LogP contribution in [-0.2, 0) is 14.4 Å². The number of hydrogen-bond acceptors (Lipinski definition) is 3. The number of carboxylic acids is 1. The van der Waals surface area contributed by atoms with Crippen LogP contribution in [0.2, 0.25) is 0 Å². The molecule has 0 aromatic rings. The van der Waals surface area contributed by atoms with Gasteiger partial charge in [-0.3, -0.25) is 14.4 Å². The van der Waals surface area contributed by atoms with Crippen molar-refractivity contribution < 1.29 is 19.5 Å². The molecule has 0 amide bonds. The quantitative estimate of drug-likeness (QED) is 0.824. The number of carbonyl (C=O) groups excluding carboxylic acids is 2. The summed E-state index contributed by atoms with van der Waals surface area (Å²) < 4.78 is 0. The van der Waals surface area contributed by atoms with Crippen LogP contribution < -0.4 is 0 Å². The molecule has 3 aliphatic rings. The first-order valence-electron chi connectivity index (χ1n) is 6.75. The summed E-state index contributed by atoms with van der Waals surface area (Å²) in [5.74, 6) is 0.252. The lowest BCUT2D eigenvalue weighted by Gasteiger charge is -2.28. The summed E-state index contributed by atoms with van der Waals surface area (Å²) in [5.41, 5.74) is 0. The van der Waals surface area contributed by atoms with E-state index in [9.17, 15) is 14.4 Å². The Balaban J connectivity index is 1.80. The summed E-state index contributed by atoms with van der Waals surface area (Å²) >= 11 is 0. The van der Waals surface area contributed by atoms with E-state index in [2.05, 4.69) is 0 Å². The Morgan fingerprint density at radius 1 is 1.22 bits per heavy atom. The number of fused-ring (bicyclic) bond motifs is 5. The van der Waals surface area contributed by atoms with Gasteiger partial charge in [-0.05, 0) is 43.9 Å². The van der Waals surface area contributed by atoms with Gasteiger partial charge in [-0.25, -0.2) is 0 Å². The maximum atomic E-state index is 12.3. The molecule has 3 aliphatic carbocycles. The molecule has 2 bridgehead atoms. The minimum Gasteiger partial charge on any atom is -0.481 e. The van der Waals surface area contributed by atoms with Crippen LogP contribution in [0.3, 0.4) is 0 Å². The second kappa shape index (κ2) is 3.90. The third kappa shape index (κ3) is 1.54. The summed E-state index contributed by atoms with van der Waals surface area (Å²) in [6, 6.07) is 0. The SMILES string of the molecule is CC(=O)C1CC2CC1C1C(=O)C(CC(=O)O)CC21. The van der Waals surface area contributed by atoms with Crippen LogP contribution in [-0.4, -0.2) is 22.6 Å². The van der Waals surface area contributed by atoms with Crippen LogP contribution in [0.25, 0.3) is 0 Å². The van der Waals surface area contributed by atoms with Gasteiger partial charge >= 0.3 is 5.97 Å². The van der Waals surface area contributed by atoms with Crippen molar-refractivity contribution in [2.45, 2.75) is 32.6 Å². The van der Waals surface area contributed by atoms with E-state index < -0.39 is 5.97 Å². The Morgan fingerprint density at radius 3 is 2.56 bits per heavy atom. The van der Waals surface area contributed by atoms with E-state index >= 15 is 0 Å². The van der Waals surface area contributed by atoms with Gasteiger partial charge < -0.3 is 5.11 Å². The van der Waals surface area contributed by atoms with Crippen molar-refractivity contribution in [3.63, 3.8) is 0 Å². The largest absolute Gasteiger partial charge is 0.481 e. The fraction of sp³-hybridized carbons (Fsp3) is 0.786. The van der Waals surface area contributed by atoms with Crippen molar-refractivity contribution in [1.82, 2.24) is 0 Å². The average molecular weight is 250 g/mol. The van der Waals surface area contributed by atoms with Crippen molar-refractivity contribution in [1.29, 1.82) is 0 Å². The van der Waals surface area contributed by atoms with E-state index in [0.717, 1.165) is 19.3 Å². The molecule has 0 radical (unpaired) electrons. The molecular formula is C14H18O4. The highest BCUT2D eigenvalue weighted by Gasteiger charge is 2.60. The number of Topliss-reactive ketones (excluding diaryl/α,β-unsaturated/α-hetero) is 2. The zero-order chi connectivity index (χ0) is 13.0. The topological polar surface area (TPSA) is 71.4 Å². The van der Waals surface area contributed by atoms with Crippen molar-refractivity contribution in [2.24, 2.45) is 35.5 Å². The van der Waals surface area contributed by atoms with Crippen LogP contribution in [0.5, 0.6) is 0 Å². The monoisotopic (exact) mass is 250 g/mol. The van der Waals surface area contributed by atoms with E-state index in [1.165, 1.54) is 0 Å². The first kappa shape index (κ1) is 11.9. The Labute approximate surface area is 106 Å². The third-order valence-electron chi connectivity index (χ3n) is 5.41. The number of carboxylic acid groups (broad SMARTS) is 1. The average Bonchev–Trinajstić information content (AvgIpc) is 2.90. The number of hydrogen-bond donors (Lipinski definition) is 1. The lowest BCUT2D eigenvalue weighted by molar-refractivity contribution is -0.141. The van der Waals surface area contributed by atoms with Gasteiger partial charge in [0.25, 0.3) is 0 Å². The van der Waals surface area contributed by atoms with Gasteiger partial charge in [-0.15, -0.1) is 0 Å². The van der Waals surface area contributed by atoms with Crippen LogP contribution in [0, 0.1) is 35.5 Å². The molecule has 3 fully saturated rings. The maximum Gasteiger partial charge on any atom is 0.304 e. The van der Waals surface area contributed by atoms with E-state index in [1.807, 2.05) is 0 Å². The Kier molecular flexibility index (Phi) is 2.57. The molecule has 0 aromatic carbocycles. The second-order valence-corrected chi connectivity index (χ2v) is 6.23. The zero-order valence-electron chi connectivity index (χ0n) is 10.5. The maximum absolute atomic E-state index is 12.3. The molecule has 6 unspecified atom stereocenters. The summed E-state index contributed by atoms with van der Waals surface area (Å²) in [4.78, 5) is 34.7. The number of aliphatic carboxylic acids is 1. The molecule has 18 heavy (non-hydrogen) atoms. The normalized spacial score (nSPS) is 45.3. The lowest BCUT2D eigenvalue weighted by atomic mass is 9.74. The molecule has 6 atom stereocenters. The predicted octanol–water partition coefficient (Wildman–Crippen LogP) is 1.53. The Hall–Kier alpha value is -1.19. The Bertz CT molecular complexity index is 428. The van der Waals surface area contributed by atoms with Crippen molar-refractivity contribution in [2.75, 3.05) is 0 Å². The van der Waals surface area contributed by atoms with Gasteiger partial charge in [0.2, 0.25) is 0 Å². The van der Waals surface area contributed by atoms with Gasteiger partial charge in [-0.1, -0.05) is 0 Å². The fourth-order valence-corrected chi connectivity index (χ4v) is 4.81. The number of carbonyl (C=O) groups is 3. The van der Waals surface area contributed by atoms with E-state index in [1.54, 1.807) is 6.92 Å². The first-order valence-corrected chi connectivity index (χ1v) is 6.75. The zero-order valence-corrected chi connectivity index (χ0v) is 10.5. The molecule has 0 saturated heterocycles. The van der Waals surface area contributed by atoms with E-state index in [0.29, 0.717) is 11.8 Å². The second-order valence-electron chi connectivity index (χ2n) is 6.23. The minimum absolute atomic E-state index is 0.0120. The van der Waals surface area contributed by atoms with Gasteiger partial charge in [0.05, 0.1) is 6.42 Å². The van der Waals surface area contributed by atoms with Gasteiger partial charge in [-0.2, -0.15) is 0 Å². The summed E-state index contributed by atoms with van der Waals surface area (Å²) in [6.45, 7) is 1.62. The predicted molar refractivity (Wildman–Crippen MR) is 62.7 cm³/mol. The smallest absolute Gasteiger partial charge is 0.304 e. The lowest BCUT2D eigenvalue weighted by Crippen LogP contribution is -2.32. The van der Waals surface area contributed by atoms with E-state index in [-0.39, 0.29) is 41.7 Å². The molecule has 3 saturated carbocycles. The van der Waals surface area contributed by atoms with Gasteiger partial charge in [0.15, 0.2) is 0 Å². The molecule has 4 nitrogen and oxygen atoms in total. The van der Waals surface area contributed by atoms with Crippen LogP contribution in [0.15, 0.2) is 0 Å². The highest BCUT2D eigenvalue weighted by molar-refractivity contribution is 5.91. The van der Waals surface area contributed by atoms with E-state index in [4.69, 9.17) is 5.11 Å². The fourth-order valence-electron chi connectivity index (χ4n) is 4.81. The molecular weight excluding hydrogens is 232 g/mol. The molecule has 0 aliphatic heterocycles. The van der Waals surface area contributed by atoms with Crippen LogP contribution in [0.1, 0.15) is 32.6 Å². The molecule has 0 aromatic heterocycles. The highest BCUT2D eigenvalue weighted by atomic mass is 16.4. The van der Waals surface area contributed by atoms with Gasteiger partial charge in [0, 0.05) is 17.8 Å². The molecule has 98 valence electrons. The number of rotatable bonds is 3. The first-order chi connectivity index (χ1) is 8.49.